The highest BCUT2D eigenvalue weighted by Crippen LogP contribution is 2.50. The SMILES string of the molecule is C=C1N=C(N)C=CN1[C@@H]1O[C@H](COP(=O)(N[C@@H](C)C(=O)OCC(C)(C)C)OC(C)c2ccc([N+](=O)[O-])cc2)C(O)C1(F)F. The van der Waals surface area contributed by atoms with E-state index in [0.29, 0.717) is 5.56 Å². The van der Waals surface area contributed by atoms with Crippen molar-refractivity contribution in [3.05, 3.63) is 64.6 Å². The number of alkyl halides is 2. The molecule has 2 aliphatic heterocycles. The van der Waals surface area contributed by atoms with Crippen molar-refractivity contribution in [2.75, 3.05) is 13.2 Å². The van der Waals surface area contributed by atoms with Gasteiger partial charge in [-0.05, 0) is 43.0 Å². The number of carbonyl (C=O) groups is 1. The van der Waals surface area contributed by atoms with Gasteiger partial charge in [0.05, 0.1) is 24.2 Å². The lowest BCUT2D eigenvalue weighted by Gasteiger charge is -2.31. The number of carbonyl (C=O) groups excluding carboxylic acids is 1. The van der Waals surface area contributed by atoms with Crippen LogP contribution in [0.3, 0.4) is 0 Å². The number of aliphatic hydroxyl groups excluding tert-OH is 1. The van der Waals surface area contributed by atoms with Gasteiger partial charge in [-0.3, -0.25) is 24.0 Å². The van der Waals surface area contributed by atoms with Crippen LogP contribution in [-0.4, -0.2) is 70.3 Å². The number of aliphatic imine (C=N–C) groups is 1. The Morgan fingerprint density at radius 1 is 1.35 bits per heavy atom. The van der Waals surface area contributed by atoms with Crippen molar-refractivity contribution in [2.24, 2.45) is 16.1 Å². The molecule has 0 radical (unpaired) electrons. The Morgan fingerprint density at radius 3 is 2.53 bits per heavy atom. The first-order valence-electron chi connectivity index (χ1n) is 13.2. The summed E-state index contributed by atoms with van der Waals surface area (Å²) in [5, 5.41) is 23.9. The maximum absolute atomic E-state index is 15.1. The van der Waals surface area contributed by atoms with E-state index in [2.05, 4.69) is 16.7 Å². The summed E-state index contributed by atoms with van der Waals surface area (Å²) in [7, 11) is -4.54. The molecule has 0 saturated carbocycles. The molecule has 2 aliphatic rings. The number of nitrogens with two attached hydrogens (primary N) is 1. The molecule has 3 unspecified atom stereocenters. The minimum Gasteiger partial charge on any atom is -0.464 e. The maximum atomic E-state index is 15.1. The van der Waals surface area contributed by atoms with Gasteiger partial charge in [-0.25, -0.2) is 14.6 Å². The highest BCUT2D eigenvalue weighted by atomic mass is 31.2. The van der Waals surface area contributed by atoms with Crippen molar-refractivity contribution >= 4 is 25.2 Å². The van der Waals surface area contributed by atoms with E-state index in [4.69, 9.17) is 24.3 Å². The van der Waals surface area contributed by atoms with Crippen molar-refractivity contribution in [1.29, 1.82) is 0 Å². The lowest BCUT2D eigenvalue weighted by atomic mass is 9.99. The molecule has 3 rings (SSSR count). The Bertz CT molecular complexity index is 1320. The van der Waals surface area contributed by atoms with Crippen LogP contribution >= 0.6 is 7.75 Å². The van der Waals surface area contributed by atoms with E-state index in [0.717, 1.165) is 4.90 Å². The van der Waals surface area contributed by atoms with Crippen LogP contribution in [-0.2, 0) is 27.9 Å². The van der Waals surface area contributed by atoms with Crippen molar-refractivity contribution in [1.82, 2.24) is 9.99 Å². The van der Waals surface area contributed by atoms with Gasteiger partial charge in [0.2, 0.25) is 6.23 Å². The van der Waals surface area contributed by atoms with E-state index in [1.165, 1.54) is 50.4 Å². The molecule has 0 amide bonds. The minimum absolute atomic E-state index is 0.0319. The van der Waals surface area contributed by atoms with Gasteiger partial charge >= 0.3 is 19.6 Å². The van der Waals surface area contributed by atoms with Crippen LogP contribution in [0, 0.1) is 15.5 Å². The zero-order chi connectivity index (χ0) is 32.3. The van der Waals surface area contributed by atoms with Gasteiger partial charge in [0.1, 0.15) is 23.8 Å². The third-order valence-corrected chi connectivity index (χ3v) is 8.01. The zero-order valence-electron chi connectivity index (χ0n) is 24.3. The number of hydrogen-bond acceptors (Lipinski definition) is 12. The second kappa shape index (κ2) is 13.2. The first-order chi connectivity index (χ1) is 19.8. The molecule has 4 N–H and O–H groups in total. The number of nitrogens with zero attached hydrogens (tertiary/aromatic N) is 3. The van der Waals surface area contributed by atoms with Gasteiger partial charge in [0, 0.05) is 18.3 Å². The molecular formula is C26H36F2N5O9P. The molecular weight excluding hydrogens is 595 g/mol. The lowest BCUT2D eigenvalue weighted by Crippen LogP contribution is -2.47. The molecule has 14 nitrogen and oxygen atoms in total. The van der Waals surface area contributed by atoms with Crippen LogP contribution in [0.2, 0.25) is 0 Å². The topological polar surface area (TPSA) is 188 Å². The molecule has 17 heteroatoms. The van der Waals surface area contributed by atoms with Crippen molar-refractivity contribution < 1.29 is 46.7 Å². The number of nitrogens with one attached hydrogen (secondary N) is 1. The molecule has 6 atom stereocenters. The Morgan fingerprint density at radius 2 is 1.98 bits per heavy atom. The standard InChI is InChI=1S/C26H36F2N5O9P/c1-15(23(35)39-14-25(4,5)6)31-43(38,42-16(2)18-7-9-19(10-8-18)33(36)37)40-13-20-22(34)26(27,28)24(41-20)32-12-11-21(29)30-17(32)3/h7-12,15-16,20,22,24,34H,3,13-14H2,1-2,4-6H3,(H2,29,30)(H,31,38)/t15-,16?,20+,22?,24+,43?/m0/s1. The fourth-order valence-electron chi connectivity index (χ4n) is 3.91. The number of amidine groups is 1. The van der Waals surface area contributed by atoms with Gasteiger partial charge < -0.3 is 25.2 Å². The molecule has 1 saturated heterocycles. The van der Waals surface area contributed by atoms with E-state index in [1.54, 1.807) is 0 Å². The fourth-order valence-corrected chi connectivity index (χ4v) is 5.57. The smallest absolute Gasteiger partial charge is 0.406 e. The maximum Gasteiger partial charge on any atom is 0.406 e. The Kier molecular flexibility index (Phi) is 10.5. The molecule has 0 bridgehead atoms. The van der Waals surface area contributed by atoms with E-state index in [-0.39, 0.29) is 29.4 Å². The molecule has 0 spiro atoms. The predicted octanol–water partition coefficient (Wildman–Crippen LogP) is 3.74. The lowest BCUT2D eigenvalue weighted by molar-refractivity contribution is -0.384. The second-order valence-electron chi connectivity index (χ2n) is 11.2. The van der Waals surface area contributed by atoms with Gasteiger partial charge in [-0.1, -0.05) is 27.4 Å². The Balaban J connectivity index is 1.79. The van der Waals surface area contributed by atoms with Crippen LogP contribution < -0.4 is 10.8 Å². The minimum atomic E-state index is -4.54. The third-order valence-electron chi connectivity index (χ3n) is 6.23. The number of rotatable bonds is 12. The van der Waals surface area contributed by atoms with Crippen LogP contribution in [0.15, 0.2) is 53.9 Å². The predicted molar refractivity (Wildman–Crippen MR) is 151 cm³/mol. The quantitative estimate of drug-likeness (QED) is 0.131. The van der Waals surface area contributed by atoms with E-state index in [9.17, 15) is 24.6 Å². The number of halogens is 2. The summed E-state index contributed by atoms with van der Waals surface area (Å²) < 4.78 is 65.9. The van der Waals surface area contributed by atoms with E-state index < -0.39 is 61.8 Å². The summed E-state index contributed by atoms with van der Waals surface area (Å²) in [4.78, 5) is 27.7. The zero-order valence-corrected chi connectivity index (χ0v) is 25.2. The number of benzene rings is 1. The van der Waals surface area contributed by atoms with Crippen molar-refractivity contribution in [3.63, 3.8) is 0 Å². The number of hydrogen-bond donors (Lipinski definition) is 3. The molecule has 2 heterocycles. The summed E-state index contributed by atoms with van der Waals surface area (Å²) in [6.45, 7) is 11.1. The average Bonchev–Trinajstić information content (AvgIpc) is 3.13. The second-order valence-corrected chi connectivity index (χ2v) is 13.0. The molecule has 0 aromatic heterocycles. The summed E-state index contributed by atoms with van der Waals surface area (Å²) in [5.74, 6) is -4.76. The van der Waals surface area contributed by atoms with Gasteiger partial charge in [-0.2, -0.15) is 8.78 Å². The summed E-state index contributed by atoms with van der Waals surface area (Å²) in [6, 6.07) is 3.93. The number of aliphatic hydroxyl groups is 1. The van der Waals surface area contributed by atoms with Crippen LogP contribution in [0.4, 0.5) is 14.5 Å². The van der Waals surface area contributed by atoms with Gasteiger partial charge in [-0.15, -0.1) is 0 Å². The first-order valence-corrected chi connectivity index (χ1v) is 14.7. The average molecular weight is 632 g/mol. The monoisotopic (exact) mass is 631 g/mol. The molecule has 43 heavy (non-hydrogen) atoms. The third kappa shape index (κ3) is 8.65. The first kappa shape index (κ1) is 34.2. The highest BCUT2D eigenvalue weighted by Gasteiger charge is 2.61. The molecule has 1 aromatic rings. The molecule has 1 aromatic carbocycles. The molecule has 0 aliphatic carbocycles. The number of ether oxygens (including phenoxy) is 2. The number of esters is 1. The van der Waals surface area contributed by atoms with Crippen molar-refractivity contribution in [3.8, 4) is 0 Å². The van der Waals surface area contributed by atoms with Crippen LogP contribution in [0.1, 0.15) is 46.3 Å². The van der Waals surface area contributed by atoms with Crippen LogP contribution in [0.25, 0.3) is 0 Å². The van der Waals surface area contributed by atoms with Crippen molar-refractivity contribution in [2.45, 2.75) is 71.1 Å². The summed E-state index contributed by atoms with van der Waals surface area (Å²) >= 11 is 0. The Labute approximate surface area is 247 Å². The van der Waals surface area contributed by atoms with E-state index in [1.807, 2.05) is 20.8 Å². The van der Waals surface area contributed by atoms with Gasteiger partial charge in [0.25, 0.3) is 5.69 Å². The highest BCUT2D eigenvalue weighted by molar-refractivity contribution is 7.51. The molecule has 238 valence electrons. The number of nitro benzene ring substituents is 1. The fraction of sp³-hybridized carbons (Fsp3) is 0.538. The Hall–Kier alpha value is -3.27. The molecule has 1 fully saturated rings. The largest absolute Gasteiger partial charge is 0.464 e. The summed E-state index contributed by atoms with van der Waals surface area (Å²) in [6.07, 6.45) is -4.76. The number of non-ortho nitro benzene ring substituents is 1. The normalized spacial score (nSPS) is 24.7. The number of nitro groups is 1. The van der Waals surface area contributed by atoms with E-state index >= 15 is 8.78 Å². The van der Waals surface area contributed by atoms with Gasteiger partial charge in [0.15, 0.2) is 6.10 Å². The summed E-state index contributed by atoms with van der Waals surface area (Å²) in [5.41, 5.74) is 5.38. The van der Waals surface area contributed by atoms with Crippen LogP contribution in [0.5, 0.6) is 0 Å².